The van der Waals surface area contributed by atoms with Gasteiger partial charge in [0.25, 0.3) is 0 Å². The van der Waals surface area contributed by atoms with Gasteiger partial charge in [0.1, 0.15) is 18.8 Å². The van der Waals surface area contributed by atoms with Crippen molar-refractivity contribution in [2.45, 2.75) is 258 Å². The van der Waals surface area contributed by atoms with Crippen molar-refractivity contribution in [2.24, 2.45) is 0 Å². The van der Waals surface area contributed by atoms with Crippen LogP contribution in [-0.4, -0.2) is 85.5 Å². The van der Waals surface area contributed by atoms with E-state index in [0.717, 1.165) is 77.0 Å². The largest absolute Gasteiger partial charge is 0.463 e. The summed E-state index contributed by atoms with van der Waals surface area (Å²) in [4.78, 5) is 52.0. The minimum atomic E-state index is -0.632. The number of nitrogens with zero attached hydrogens (tertiary/aromatic N) is 1. The Morgan fingerprint density at radius 3 is 1.25 bits per heavy atom. The van der Waals surface area contributed by atoms with Crippen LogP contribution in [0.5, 0.6) is 0 Å². The van der Waals surface area contributed by atoms with Gasteiger partial charge in [-0.3, -0.25) is 19.2 Å². The summed E-state index contributed by atoms with van der Waals surface area (Å²) >= 11 is 0. The van der Waals surface area contributed by atoms with Crippen LogP contribution in [0.15, 0.2) is 0 Å². The number of likely N-dealkylation sites (N-methyl/N-ethyl adjacent to an activating group) is 1. The molecule has 1 N–H and O–H groups in total. The maximum atomic E-state index is 12.8. The first kappa shape index (κ1) is 56.8. The Bertz CT molecular complexity index is 977. The fourth-order valence-corrected chi connectivity index (χ4v) is 7.39. The van der Waals surface area contributed by atoms with Crippen molar-refractivity contribution in [3.63, 3.8) is 0 Å². The molecule has 0 aromatic rings. The van der Waals surface area contributed by atoms with Gasteiger partial charge >= 0.3 is 23.9 Å². The number of carbonyl (C=O) groups excluding carboxylic acids is 4. The molecular weight excluding hydrogens is 747 g/mol. The topological polar surface area (TPSA) is 129 Å². The van der Waals surface area contributed by atoms with Crippen LogP contribution in [-0.2, 0) is 38.1 Å². The van der Waals surface area contributed by atoms with Crippen molar-refractivity contribution < 1.29 is 43.2 Å². The molecule has 0 aliphatic carbocycles. The molecule has 2 unspecified atom stereocenters. The van der Waals surface area contributed by atoms with Crippen LogP contribution in [0.3, 0.4) is 0 Å². The average molecular weight is 840 g/mol. The van der Waals surface area contributed by atoms with Gasteiger partial charge in [0.05, 0.1) is 12.7 Å². The number of aliphatic hydroxyl groups excluding tert-OH is 1. The van der Waals surface area contributed by atoms with Gasteiger partial charge in [0, 0.05) is 38.8 Å². The Kier molecular flexibility index (Phi) is 40.9. The Morgan fingerprint density at radius 1 is 0.458 bits per heavy atom. The highest BCUT2D eigenvalue weighted by Gasteiger charge is 2.20. The lowest BCUT2D eigenvalue weighted by atomic mass is 10.0. The van der Waals surface area contributed by atoms with Crippen LogP contribution >= 0.6 is 0 Å². The van der Waals surface area contributed by atoms with E-state index >= 15 is 0 Å². The number of esters is 4. The van der Waals surface area contributed by atoms with Gasteiger partial charge in [0.2, 0.25) is 0 Å². The highest BCUT2D eigenvalue weighted by molar-refractivity contribution is 5.71. The summed E-state index contributed by atoms with van der Waals surface area (Å²) in [6.45, 7) is 9.34. The molecule has 0 fully saturated rings. The molecule has 348 valence electrons. The number of aliphatic hydroxyl groups is 1. The lowest BCUT2D eigenvalue weighted by molar-refractivity contribution is -0.160. The lowest BCUT2D eigenvalue weighted by Gasteiger charge is -2.23. The van der Waals surface area contributed by atoms with Gasteiger partial charge in [0.15, 0.2) is 0 Å². The van der Waals surface area contributed by atoms with Crippen LogP contribution in [0.1, 0.15) is 240 Å². The maximum absolute atomic E-state index is 12.8. The number of ether oxygens (including phenoxy) is 4. The summed E-state index contributed by atoms with van der Waals surface area (Å²) in [6, 6.07) is 0. The molecule has 0 aliphatic rings. The van der Waals surface area contributed by atoms with E-state index in [9.17, 15) is 24.3 Å². The highest BCUT2D eigenvalue weighted by Crippen LogP contribution is 2.19. The fraction of sp³-hybridized carbons (Fsp3) is 0.918. The molecule has 0 bridgehead atoms. The molecular formula is C49H93NO9. The fourth-order valence-electron chi connectivity index (χ4n) is 7.39. The molecule has 0 aromatic carbocycles. The zero-order valence-corrected chi connectivity index (χ0v) is 39.1. The number of unbranched alkanes of at least 4 members (excludes halogenated alkanes) is 21. The molecule has 0 rings (SSSR count). The number of carbonyl (C=O) groups is 4. The molecule has 0 spiro atoms. The Labute approximate surface area is 362 Å². The third-order valence-electron chi connectivity index (χ3n) is 11.1. The maximum Gasteiger partial charge on any atom is 0.306 e. The standard InChI is InChI=1S/C49H93NO9/c1-6-9-12-15-18-25-32-43(4)57-47(53)36-29-22-21-28-35-46(52)56-42-45(41-50(5)39-40-51)59-49(55)38-31-24-23-30-37-48(54)58-44(33-26-19-16-13-10-7-2)34-27-20-17-14-11-8-3/h43-45,51H,6-42H2,1-5H3. The summed E-state index contributed by atoms with van der Waals surface area (Å²) in [5.74, 6) is -0.928. The van der Waals surface area contributed by atoms with Crippen molar-refractivity contribution in [1.29, 1.82) is 0 Å². The highest BCUT2D eigenvalue weighted by atomic mass is 16.6. The van der Waals surface area contributed by atoms with Gasteiger partial charge in [-0.1, -0.05) is 143 Å². The SMILES string of the molecule is CCCCCCCCC(C)OC(=O)CCCCCCC(=O)OCC(CN(C)CCO)OC(=O)CCCCCCC(=O)OC(CCCCCCCC)CCCCCCCC. The van der Waals surface area contributed by atoms with Crippen molar-refractivity contribution >= 4 is 23.9 Å². The minimum Gasteiger partial charge on any atom is -0.463 e. The summed E-state index contributed by atoms with van der Waals surface area (Å²) in [7, 11) is 1.82. The third kappa shape index (κ3) is 39.7. The molecule has 59 heavy (non-hydrogen) atoms. The van der Waals surface area contributed by atoms with Crippen molar-refractivity contribution in [3.8, 4) is 0 Å². The molecule has 2 atom stereocenters. The van der Waals surface area contributed by atoms with E-state index in [4.69, 9.17) is 18.9 Å². The molecule has 0 radical (unpaired) electrons. The van der Waals surface area contributed by atoms with Crippen molar-refractivity contribution in [1.82, 2.24) is 4.90 Å². The zero-order valence-electron chi connectivity index (χ0n) is 39.1. The molecule has 0 saturated carbocycles. The second-order valence-electron chi connectivity index (χ2n) is 17.2. The summed E-state index contributed by atoms with van der Waals surface area (Å²) < 4.78 is 22.7. The molecule has 0 amide bonds. The van der Waals surface area contributed by atoms with E-state index in [-0.39, 0.29) is 62.1 Å². The van der Waals surface area contributed by atoms with E-state index in [1.54, 1.807) is 0 Å². The Hall–Kier alpha value is -2.20. The van der Waals surface area contributed by atoms with E-state index in [1.165, 1.54) is 96.3 Å². The summed E-state index contributed by atoms with van der Waals surface area (Å²) in [6.07, 6.45) is 31.8. The van der Waals surface area contributed by atoms with Gasteiger partial charge in [-0.05, 0) is 78.2 Å². The van der Waals surface area contributed by atoms with Crippen LogP contribution < -0.4 is 0 Å². The average Bonchev–Trinajstić information content (AvgIpc) is 3.20. The van der Waals surface area contributed by atoms with Crippen molar-refractivity contribution in [2.75, 3.05) is 33.4 Å². The molecule has 10 nitrogen and oxygen atoms in total. The molecule has 0 aromatic heterocycles. The first-order chi connectivity index (χ1) is 28.6. The van der Waals surface area contributed by atoms with Crippen LogP contribution in [0.4, 0.5) is 0 Å². The smallest absolute Gasteiger partial charge is 0.306 e. The zero-order chi connectivity index (χ0) is 43.6. The predicted octanol–water partition coefficient (Wildman–Crippen LogP) is 12.1. The first-order valence-corrected chi connectivity index (χ1v) is 24.7. The quantitative estimate of drug-likeness (QED) is 0.0360. The van der Waals surface area contributed by atoms with Gasteiger partial charge in [-0.15, -0.1) is 0 Å². The normalized spacial score (nSPS) is 12.5. The Balaban J connectivity index is 4.39. The van der Waals surface area contributed by atoms with Crippen LogP contribution in [0.2, 0.25) is 0 Å². The number of hydrogen-bond donors (Lipinski definition) is 1. The van der Waals surface area contributed by atoms with Gasteiger partial charge in [-0.2, -0.15) is 0 Å². The number of rotatable bonds is 44. The summed E-state index contributed by atoms with van der Waals surface area (Å²) in [5.41, 5.74) is 0. The van der Waals surface area contributed by atoms with Crippen LogP contribution in [0, 0.1) is 0 Å². The second-order valence-corrected chi connectivity index (χ2v) is 17.2. The van der Waals surface area contributed by atoms with E-state index in [1.807, 2.05) is 18.9 Å². The summed E-state index contributed by atoms with van der Waals surface area (Å²) in [5, 5.41) is 9.35. The molecule has 10 heteroatoms. The van der Waals surface area contributed by atoms with E-state index in [2.05, 4.69) is 20.8 Å². The predicted molar refractivity (Wildman–Crippen MR) is 240 cm³/mol. The van der Waals surface area contributed by atoms with Gasteiger partial charge in [-0.25, -0.2) is 0 Å². The van der Waals surface area contributed by atoms with Crippen LogP contribution in [0.25, 0.3) is 0 Å². The monoisotopic (exact) mass is 840 g/mol. The van der Waals surface area contributed by atoms with E-state index < -0.39 is 6.10 Å². The third-order valence-corrected chi connectivity index (χ3v) is 11.1. The van der Waals surface area contributed by atoms with E-state index in [0.29, 0.717) is 38.8 Å². The minimum absolute atomic E-state index is 0.0281. The first-order valence-electron chi connectivity index (χ1n) is 24.7. The number of hydrogen-bond acceptors (Lipinski definition) is 10. The lowest BCUT2D eigenvalue weighted by Crippen LogP contribution is -2.37. The second kappa shape index (κ2) is 42.5. The Morgan fingerprint density at radius 2 is 0.814 bits per heavy atom. The molecule has 0 saturated heterocycles. The van der Waals surface area contributed by atoms with Gasteiger partial charge < -0.3 is 29.0 Å². The van der Waals surface area contributed by atoms with Crippen molar-refractivity contribution in [3.05, 3.63) is 0 Å². The molecule has 0 heterocycles. The molecule has 0 aliphatic heterocycles.